The van der Waals surface area contributed by atoms with E-state index in [9.17, 15) is 9.18 Å². The Kier molecular flexibility index (Phi) is 3.09. The van der Waals surface area contributed by atoms with Crippen LogP contribution in [-0.2, 0) is 15.0 Å². The van der Waals surface area contributed by atoms with Gasteiger partial charge in [0.25, 0.3) is 6.02 Å². The van der Waals surface area contributed by atoms with E-state index in [1.165, 1.54) is 18.2 Å². The van der Waals surface area contributed by atoms with Gasteiger partial charge in [-0.1, -0.05) is 0 Å². The van der Waals surface area contributed by atoms with Crippen molar-refractivity contribution in [1.82, 2.24) is 0 Å². The number of halogens is 1. The number of nitrogens with two attached hydrogens (primary N) is 2. The van der Waals surface area contributed by atoms with Gasteiger partial charge in [0.1, 0.15) is 11.9 Å². The zero-order chi connectivity index (χ0) is 15.2. The van der Waals surface area contributed by atoms with Gasteiger partial charge in [-0.2, -0.15) is 0 Å². The Morgan fingerprint density at radius 2 is 2.24 bits per heavy atom. The van der Waals surface area contributed by atoms with Gasteiger partial charge in [-0.15, -0.1) is 0 Å². The van der Waals surface area contributed by atoms with E-state index in [2.05, 4.69) is 4.99 Å². The smallest absolute Gasteiger partial charge is 0.283 e. The Morgan fingerprint density at radius 3 is 2.95 bits per heavy atom. The number of primary amides is 1. The van der Waals surface area contributed by atoms with Crippen LogP contribution in [0.5, 0.6) is 0 Å². The Bertz CT molecular complexity index is 634. The first-order valence-electron chi connectivity index (χ1n) is 6.61. The highest BCUT2D eigenvalue weighted by Crippen LogP contribution is 2.43. The number of hydrogen-bond acceptors (Lipinski definition) is 5. The SMILES string of the molecule is C[C@]1(c2cc(C(N)=O)ccc2F)N=C(N)O[C@@H]2COC[C@@H]21. The molecule has 1 fully saturated rings. The number of fused-ring (bicyclic) bond motifs is 1. The molecule has 2 aliphatic heterocycles. The number of amidine groups is 1. The summed E-state index contributed by atoms with van der Waals surface area (Å²) in [5.74, 6) is -1.27. The van der Waals surface area contributed by atoms with Crippen molar-refractivity contribution in [1.29, 1.82) is 0 Å². The molecule has 1 amide bonds. The van der Waals surface area contributed by atoms with E-state index in [1.54, 1.807) is 6.92 Å². The fraction of sp³-hybridized carbons (Fsp3) is 0.429. The summed E-state index contributed by atoms with van der Waals surface area (Å²) in [6, 6.07) is 3.98. The molecule has 4 N–H and O–H groups in total. The number of aliphatic imine (C=N–C) groups is 1. The average molecular weight is 293 g/mol. The molecule has 0 bridgehead atoms. The minimum atomic E-state index is -0.959. The summed E-state index contributed by atoms with van der Waals surface area (Å²) < 4.78 is 25.1. The Labute approximate surface area is 120 Å². The summed E-state index contributed by atoms with van der Waals surface area (Å²) in [5.41, 5.74) is 10.5. The molecule has 2 heterocycles. The van der Waals surface area contributed by atoms with Gasteiger partial charge < -0.3 is 20.9 Å². The second kappa shape index (κ2) is 4.70. The van der Waals surface area contributed by atoms with Gasteiger partial charge in [0, 0.05) is 11.1 Å². The summed E-state index contributed by atoms with van der Waals surface area (Å²) >= 11 is 0. The lowest BCUT2D eigenvalue weighted by molar-refractivity contribution is 0.0817. The van der Waals surface area contributed by atoms with Crippen LogP contribution in [0.1, 0.15) is 22.8 Å². The number of amides is 1. The topological polar surface area (TPSA) is 99.9 Å². The Balaban J connectivity index is 2.14. The van der Waals surface area contributed by atoms with Crippen molar-refractivity contribution in [2.45, 2.75) is 18.6 Å². The summed E-state index contributed by atoms with van der Waals surface area (Å²) in [7, 11) is 0. The van der Waals surface area contributed by atoms with Gasteiger partial charge in [0.15, 0.2) is 0 Å². The fourth-order valence-corrected chi connectivity index (χ4v) is 2.99. The molecule has 3 atom stereocenters. The molecule has 2 aliphatic rings. The van der Waals surface area contributed by atoms with Crippen LogP contribution in [0.2, 0.25) is 0 Å². The molecular weight excluding hydrogens is 277 g/mol. The first kappa shape index (κ1) is 13.8. The van der Waals surface area contributed by atoms with Crippen LogP contribution in [0.4, 0.5) is 4.39 Å². The molecule has 0 radical (unpaired) electrons. The summed E-state index contributed by atoms with van der Waals surface area (Å²) in [4.78, 5) is 15.6. The van der Waals surface area contributed by atoms with E-state index < -0.39 is 17.3 Å². The van der Waals surface area contributed by atoms with Gasteiger partial charge in [0.05, 0.1) is 24.7 Å². The molecule has 1 saturated heterocycles. The predicted octanol–water partition coefficient (Wildman–Crippen LogP) is 0.500. The molecule has 1 aromatic rings. The molecule has 6 nitrogen and oxygen atoms in total. The molecule has 0 aliphatic carbocycles. The molecule has 0 spiro atoms. The number of nitrogens with zero attached hydrogens (tertiary/aromatic N) is 1. The predicted molar refractivity (Wildman–Crippen MR) is 73.1 cm³/mol. The molecule has 7 heteroatoms. The van der Waals surface area contributed by atoms with Crippen molar-refractivity contribution in [2.75, 3.05) is 13.2 Å². The van der Waals surface area contributed by atoms with Crippen LogP contribution in [0.15, 0.2) is 23.2 Å². The van der Waals surface area contributed by atoms with Crippen molar-refractivity contribution in [3.8, 4) is 0 Å². The number of rotatable bonds is 2. The molecule has 1 aromatic carbocycles. The number of benzene rings is 1. The highest BCUT2D eigenvalue weighted by Gasteiger charge is 2.50. The van der Waals surface area contributed by atoms with Gasteiger partial charge in [-0.05, 0) is 25.1 Å². The van der Waals surface area contributed by atoms with Crippen molar-refractivity contribution in [3.05, 3.63) is 35.1 Å². The van der Waals surface area contributed by atoms with Crippen molar-refractivity contribution in [2.24, 2.45) is 22.4 Å². The summed E-state index contributed by atoms with van der Waals surface area (Å²) in [6.07, 6.45) is -0.274. The normalized spacial score (nSPS) is 31.2. The number of carbonyl (C=O) groups excluding carboxylic acids is 1. The van der Waals surface area contributed by atoms with Crippen LogP contribution in [0.25, 0.3) is 0 Å². The van der Waals surface area contributed by atoms with E-state index in [4.69, 9.17) is 20.9 Å². The third-order valence-corrected chi connectivity index (χ3v) is 4.16. The van der Waals surface area contributed by atoms with E-state index in [-0.39, 0.29) is 29.2 Å². The summed E-state index contributed by atoms with van der Waals surface area (Å²) in [6.45, 7) is 2.53. The van der Waals surface area contributed by atoms with Crippen LogP contribution < -0.4 is 11.5 Å². The number of hydrogen-bond donors (Lipinski definition) is 2. The maximum Gasteiger partial charge on any atom is 0.283 e. The lowest BCUT2D eigenvalue weighted by atomic mass is 9.77. The van der Waals surface area contributed by atoms with Gasteiger partial charge >= 0.3 is 0 Å². The van der Waals surface area contributed by atoms with Crippen LogP contribution in [0.3, 0.4) is 0 Å². The maximum atomic E-state index is 14.3. The third kappa shape index (κ3) is 2.13. The number of ether oxygens (including phenoxy) is 2. The molecular formula is C14H16FN3O3. The average Bonchev–Trinajstić information content (AvgIpc) is 2.87. The van der Waals surface area contributed by atoms with Crippen molar-refractivity contribution in [3.63, 3.8) is 0 Å². The minimum Gasteiger partial charge on any atom is -0.459 e. The molecule has 0 unspecified atom stereocenters. The van der Waals surface area contributed by atoms with E-state index in [0.717, 1.165) is 0 Å². The Morgan fingerprint density at radius 1 is 1.48 bits per heavy atom. The minimum absolute atomic E-state index is 0.00636. The van der Waals surface area contributed by atoms with E-state index in [1.807, 2.05) is 0 Å². The monoisotopic (exact) mass is 293 g/mol. The van der Waals surface area contributed by atoms with Crippen molar-refractivity contribution >= 4 is 11.9 Å². The van der Waals surface area contributed by atoms with Crippen LogP contribution in [0, 0.1) is 11.7 Å². The van der Waals surface area contributed by atoms with E-state index in [0.29, 0.717) is 13.2 Å². The second-order valence-electron chi connectivity index (χ2n) is 5.46. The largest absolute Gasteiger partial charge is 0.459 e. The number of carbonyl (C=O) groups is 1. The Hall–Kier alpha value is -2.15. The van der Waals surface area contributed by atoms with E-state index >= 15 is 0 Å². The highest BCUT2D eigenvalue weighted by atomic mass is 19.1. The molecule has 21 heavy (non-hydrogen) atoms. The van der Waals surface area contributed by atoms with Crippen LogP contribution in [-0.4, -0.2) is 31.2 Å². The zero-order valence-corrected chi connectivity index (χ0v) is 11.5. The fourth-order valence-electron chi connectivity index (χ4n) is 2.99. The second-order valence-corrected chi connectivity index (χ2v) is 5.46. The van der Waals surface area contributed by atoms with Gasteiger partial charge in [0.2, 0.25) is 5.91 Å². The van der Waals surface area contributed by atoms with Crippen molar-refractivity contribution < 1.29 is 18.7 Å². The van der Waals surface area contributed by atoms with Gasteiger partial charge in [-0.25, -0.2) is 9.38 Å². The third-order valence-electron chi connectivity index (χ3n) is 4.16. The standard InChI is InChI=1S/C14H16FN3O3/c1-14(8-4-7(12(16)19)2-3-10(8)15)9-5-20-6-11(9)21-13(17)18-14/h2-4,9,11H,5-6H2,1H3,(H2,16,19)(H2,17,18)/t9-,11+,14+/m0/s1. The lowest BCUT2D eigenvalue weighted by Crippen LogP contribution is -2.47. The first-order valence-corrected chi connectivity index (χ1v) is 6.61. The molecule has 0 aromatic heterocycles. The molecule has 0 saturated carbocycles. The highest BCUT2D eigenvalue weighted by molar-refractivity contribution is 5.93. The zero-order valence-electron chi connectivity index (χ0n) is 11.5. The van der Waals surface area contributed by atoms with Gasteiger partial charge in [-0.3, -0.25) is 4.79 Å². The first-order chi connectivity index (χ1) is 9.91. The molecule has 112 valence electrons. The quantitative estimate of drug-likeness (QED) is 0.829. The van der Waals surface area contributed by atoms with Crippen LogP contribution >= 0.6 is 0 Å². The molecule has 3 rings (SSSR count). The lowest BCUT2D eigenvalue weighted by Gasteiger charge is -2.38. The summed E-state index contributed by atoms with van der Waals surface area (Å²) in [5, 5.41) is 0. The maximum absolute atomic E-state index is 14.3.